The van der Waals surface area contributed by atoms with Gasteiger partial charge in [-0.2, -0.15) is 0 Å². The summed E-state index contributed by atoms with van der Waals surface area (Å²) in [5.41, 5.74) is 6.80. The molecule has 7 nitrogen and oxygen atoms in total. The zero-order valence-corrected chi connectivity index (χ0v) is 12.1. The summed E-state index contributed by atoms with van der Waals surface area (Å²) in [4.78, 5) is 7.95. The number of phenols is 1. The van der Waals surface area contributed by atoms with Gasteiger partial charge >= 0.3 is 0 Å². The normalized spacial score (nSPS) is 10.0. The molecule has 2 aromatic rings. The first kappa shape index (κ1) is 15.3. The number of aromatic hydroxyl groups is 1. The van der Waals surface area contributed by atoms with Crippen molar-refractivity contribution in [2.24, 2.45) is 0 Å². The fourth-order valence-electron chi connectivity index (χ4n) is 1.92. The van der Waals surface area contributed by atoms with Gasteiger partial charge in [0.25, 0.3) is 0 Å². The van der Waals surface area contributed by atoms with Gasteiger partial charge in [0, 0.05) is 12.6 Å². The monoisotopic (exact) mass is 299 g/mol. The van der Waals surface area contributed by atoms with Gasteiger partial charge in [0.05, 0.1) is 11.3 Å². The number of nitrogens with one attached hydrogen (secondary N) is 2. The van der Waals surface area contributed by atoms with E-state index in [0.717, 1.165) is 0 Å². The van der Waals surface area contributed by atoms with Gasteiger partial charge in [-0.05, 0) is 18.2 Å². The van der Waals surface area contributed by atoms with Crippen LogP contribution in [-0.4, -0.2) is 34.4 Å². The topological polar surface area (TPSA) is 117 Å². The van der Waals surface area contributed by atoms with Gasteiger partial charge in [-0.25, -0.2) is 9.97 Å². The van der Waals surface area contributed by atoms with Gasteiger partial charge in [0.1, 0.15) is 24.6 Å². The number of nitrogen functional groups attached to an aromatic ring is 1. The Hall–Kier alpha value is -3.09. The van der Waals surface area contributed by atoms with Crippen molar-refractivity contribution in [2.45, 2.75) is 0 Å². The van der Waals surface area contributed by atoms with Crippen LogP contribution in [0.1, 0.15) is 11.1 Å². The number of phenolic OH excluding ortho intramolecular Hbond substituents is 1. The molecule has 0 saturated carbocycles. The van der Waals surface area contributed by atoms with Crippen LogP contribution >= 0.6 is 0 Å². The van der Waals surface area contributed by atoms with Crippen molar-refractivity contribution in [3.8, 4) is 11.5 Å². The highest BCUT2D eigenvalue weighted by Crippen LogP contribution is 2.29. The van der Waals surface area contributed by atoms with Crippen molar-refractivity contribution in [3.05, 3.63) is 48.3 Å². The van der Waals surface area contributed by atoms with Crippen LogP contribution < -0.4 is 15.8 Å². The van der Waals surface area contributed by atoms with Crippen LogP contribution in [0.5, 0.6) is 11.5 Å². The first-order valence-corrected chi connectivity index (χ1v) is 6.52. The van der Waals surface area contributed by atoms with E-state index in [9.17, 15) is 5.11 Å². The number of benzene rings is 1. The Morgan fingerprint density at radius 2 is 2.27 bits per heavy atom. The molecule has 114 valence electrons. The number of ether oxygens (including phenoxy) is 1. The lowest BCUT2D eigenvalue weighted by Crippen LogP contribution is -2.12. The molecule has 0 spiro atoms. The molecule has 0 atom stereocenters. The summed E-state index contributed by atoms with van der Waals surface area (Å²) in [5, 5.41) is 21.1. The molecule has 0 aliphatic rings. The highest BCUT2D eigenvalue weighted by atomic mass is 16.5. The molecule has 5 N–H and O–H groups in total. The zero-order valence-electron chi connectivity index (χ0n) is 12.1. The van der Waals surface area contributed by atoms with Crippen LogP contribution in [-0.2, 0) is 0 Å². The summed E-state index contributed by atoms with van der Waals surface area (Å²) < 4.78 is 5.29. The van der Waals surface area contributed by atoms with Crippen molar-refractivity contribution in [2.75, 3.05) is 24.7 Å². The van der Waals surface area contributed by atoms with E-state index in [0.29, 0.717) is 22.7 Å². The van der Waals surface area contributed by atoms with Crippen molar-refractivity contribution in [1.82, 2.24) is 9.97 Å². The van der Waals surface area contributed by atoms with E-state index in [1.807, 2.05) is 0 Å². The predicted octanol–water partition coefficient (Wildman–Crippen LogP) is 1.79. The summed E-state index contributed by atoms with van der Waals surface area (Å²) in [6.07, 6.45) is 2.90. The Labute approximate surface area is 128 Å². The van der Waals surface area contributed by atoms with E-state index < -0.39 is 0 Å². The third-order valence-corrected chi connectivity index (χ3v) is 2.97. The maximum Gasteiger partial charge on any atom is 0.161 e. The smallest absolute Gasteiger partial charge is 0.161 e. The molecular weight excluding hydrogens is 282 g/mol. The van der Waals surface area contributed by atoms with Crippen LogP contribution in [0.3, 0.4) is 0 Å². The number of nitrogens with zero attached hydrogens (tertiary/aromatic N) is 2. The minimum atomic E-state index is -0.0643. The van der Waals surface area contributed by atoms with Crippen molar-refractivity contribution in [1.29, 1.82) is 5.41 Å². The summed E-state index contributed by atoms with van der Waals surface area (Å²) in [6, 6.07) is 4.68. The Bertz CT molecular complexity index is 715. The lowest BCUT2D eigenvalue weighted by atomic mass is 10.0. The fraction of sp³-hybridized carbons (Fsp3) is 0.133. The van der Waals surface area contributed by atoms with E-state index in [4.69, 9.17) is 15.9 Å². The van der Waals surface area contributed by atoms with E-state index in [-0.39, 0.29) is 23.9 Å². The molecular formula is C15H17N5O2. The number of hydrogen-bond donors (Lipinski definition) is 4. The van der Waals surface area contributed by atoms with Gasteiger partial charge in [-0.1, -0.05) is 12.7 Å². The lowest BCUT2D eigenvalue weighted by Gasteiger charge is -2.12. The quantitative estimate of drug-likeness (QED) is 0.477. The third-order valence-electron chi connectivity index (χ3n) is 2.97. The molecule has 0 amide bonds. The average Bonchev–Trinajstić information content (AvgIpc) is 2.52. The van der Waals surface area contributed by atoms with Crippen LogP contribution in [0.4, 0.5) is 11.6 Å². The Balaban J connectivity index is 2.38. The second-order valence-corrected chi connectivity index (χ2v) is 4.39. The van der Waals surface area contributed by atoms with Gasteiger partial charge in [0.15, 0.2) is 11.5 Å². The standard InChI is InChI=1S/C15H17N5O2/c1-3-6-22-11-5-4-9(7-10(11)21)13(16)12-14(17)19-8-20-15(12)18-2/h3-5,7-8,16,21H,1,6H2,2H3,(H3,17,18,19,20). The molecule has 1 aromatic heterocycles. The minimum absolute atomic E-state index is 0.0643. The molecule has 0 unspecified atom stereocenters. The fourth-order valence-corrected chi connectivity index (χ4v) is 1.92. The zero-order chi connectivity index (χ0) is 16.1. The Morgan fingerprint density at radius 3 is 2.91 bits per heavy atom. The SMILES string of the molecule is C=CCOc1ccc(C(=N)c2c(N)ncnc2NC)cc1O. The van der Waals surface area contributed by atoms with Crippen molar-refractivity contribution >= 4 is 17.3 Å². The predicted molar refractivity (Wildman–Crippen MR) is 85.7 cm³/mol. The molecule has 22 heavy (non-hydrogen) atoms. The summed E-state index contributed by atoms with van der Waals surface area (Å²) in [5.74, 6) is 0.896. The largest absolute Gasteiger partial charge is 0.504 e. The molecule has 0 fully saturated rings. The maximum atomic E-state index is 9.98. The molecule has 0 aliphatic carbocycles. The molecule has 0 aliphatic heterocycles. The number of rotatable bonds is 6. The summed E-state index contributed by atoms with van der Waals surface area (Å²) >= 11 is 0. The number of anilines is 2. The molecule has 0 radical (unpaired) electrons. The molecule has 1 aromatic carbocycles. The molecule has 1 heterocycles. The van der Waals surface area contributed by atoms with Crippen molar-refractivity contribution < 1.29 is 9.84 Å². The van der Waals surface area contributed by atoms with Gasteiger partial charge in [0.2, 0.25) is 0 Å². The minimum Gasteiger partial charge on any atom is -0.504 e. The Kier molecular flexibility index (Phi) is 4.57. The lowest BCUT2D eigenvalue weighted by molar-refractivity contribution is 0.336. The summed E-state index contributed by atoms with van der Waals surface area (Å²) in [6.45, 7) is 3.83. The number of hydrogen-bond acceptors (Lipinski definition) is 7. The summed E-state index contributed by atoms with van der Waals surface area (Å²) in [7, 11) is 1.68. The first-order valence-electron chi connectivity index (χ1n) is 6.52. The molecule has 0 saturated heterocycles. The number of nitrogens with two attached hydrogens (primary N) is 1. The maximum absolute atomic E-state index is 9.98. The Morgan fingerprint density at radius 1 is 1.50 bits per heavy atom. The first-order chi connectivity index (χ1) is 10.6. The average molecular weight is 299 g/mol. The van der Waals surface area contributed by atoms with E-state index in [2.05, 4.69) is 21.9 Å². The second-order valence-electron chi connectivity index (χ2n) is 4.39. The highest BCUT2D eigenvalue weighted by molar-refractivity contribution is 6.16. The van der Waals surface area contributed by atoms with E-state index >= 15 is 0 Å². The van der Waals surface area contributed by atoms with Crippen LogP contribution in [0.25, 0.3) is 0 Å². The van der Waals surface area contributed by atoms with Gasteiger partial charge in [-0.15, -0.1) is 0 Å². The van der Waals surface area contributed by atoms with Crippen molar-refractivity contribution in [3.63, 3.8) is 0 Å². The van der Waals surface area contributed by atoms with Crippen LogP contribution in [0, 0.1) is 5.41 Å². The second kappa shape index (κ2) is 6.57. The van der Waals surface area contributed by atoms with Crippen LogP contribution in [0.15, 0.2) is 37.2 Å². The molecule has 7 heteroatoms. The molecule has 2 rings (SSSR count). The number of aromatic nitrogens is 2. The van der Waals surface area contributed by atoms with Gasteiger partial charge in [-0.3, -0.25) is 5.41 Å². The third kappa shape index (κ3) is 2.98. The van der Waals surface area contributed by atoms with E-state index in [1.165, 1.54) is 12.4 Å². The molecule has 0 bridgehead atoms. The van der Waals surface area contributed by atoms with Crippen LogP contribution in [0.2, 0.25) is 0 Å². The highest BCUT2D eigenvalue weighted by Gasteiger charge is 2.16. The van der Waals surface area contributed by atoms with E-state index in [1.54, 1.807) is 25.3 Å². The van der Waals surface area contributed by atoms with Gasteiger partial charge < -0.3 is 20.9 Å².